The van der Waals surface area contributed by atoms with Crippen LogP contribution in [0.1, 0.15) is 31.9 Å². The second-order valence-electron chi connectivity index (χ2n) is 3.49. The Hall–Kier alpha value is -0.890. The molecule has 1 aromatic rings. The molecule has 0 saturated heterocycles. The Balaban J connectivity index is 3.02. The molecule has 0 radical (unpaired) electrons. The summed E-state index contributed by atoms with van der Waals surface area (Å²) in [4.78, 5) is 4.06. The zero-order valence-corrected chi connectivity index (χ0v) is 7.83. The quantitative estimate of drug-likeness (QED) is 0.725. The van der Waals surface area contributed by atoms with E-state index in [9.17, 15) is 5.11 Å². The minimum Gasteiger partial charge on any atom is -0.386 e. The SMILES string of the molecule is CCc1cncc(C(C)(C)O)c1. The first-order chi connectivity index (χ1) is 5.54. The van der Waals surface area contributed by atoms with Crippen LogP contribution >= 0.6 is 0 Å². The number of nitrogens with zero attached hydrogens (tertiary/aromatic N) is 1. The van der Waals surface area contributed by atoms with Gasteiger partial charge in [-0.2, -0.15) is 0 Å². The van der Waals surface area contributed by atoms with Crippen molar-refractivity contribution in [2.45, 2.75) is 32.8 Å². The molecule has 1 aromatic heterocycles. The van der Waals surface area contributed by atoms with Crippen LogP contribution in [0.2, 0.25) is 0 Å². The van der Waals surface area contributed by atoms with Gasteiger partial charge in [0, 0.05) is 18.0 Å². The van der Waals surface area contributed by atoms with Gasteiger partial charge in [-0.1, -0.05) is 6.92 Å². The maximum Gasteiger partial charge on any atom is 0.0855 e. The number of hydrogen-bond donors (Lipinski definition) is 1. The van der Waals surface area contributed by atoms with Gasteiger partial charge in [-0.15, -0.1) is 0 Å². The standard InChI is InChI=1S/C10H15NO/c1-4-8-5-9(7-11-6-8)10(2,3)12/h5-7,12H,4H2,1-3H3. The van der Waals surface area contributed by atoms with Crippen molar-refractivity contribution >= 4 is 0 Å². The zero-order chi connectivity index (χ0) is 9.19. The van der Waals surface area contributed by atoms with Crippen molar-refractivity contribution in [3.63, 3.8) is 0 Å². The highest BCUT2D eigenvalue weighted by Gasteiger charge is 2.15. The number of hydrogen-bond acceptors (Lipinski definition) is 2. The molecule has 1 N–H and O–H groups in total. The van der Waals surface area contributed by atoms with E-state index in [-0.39, 0.29) is 0 Å². The van der Waals surface area contributed by atoms with Gasteiger partial charge in [-0.3, -0.25) is 4.98 Å². The van der Waals surface area contributed by atoms with E-state index in [1.807, 2.05) is 12.3 Å². The Morgan fingerprint density at radius 2 is 2.08 bits per heavy atom. The molecular weight excluding hydrogens is 150 g/mol. The molecule has 0 atom stereocenters. The van der Waals surface area contributed by atoms with Gasteiger partial charge in [0.15, 0.2) is 0 Å². The Kier molecular flexibility index (Phi) is 2.48. The van der Waals surface area contributed by atoms with Crippen molar-refractivity contribution in [1.29, 1.82) is 0 Å². The van der Waals surface area contributed by atoms with Gasteiger partial charge in [0.2, 0.25) is 0 Å². The zero-order valence-electron chi connectivity index (χ0n) is 7.83. The van der Waals surface area contributed by atoms with Gasteiger partial charge in [0.05, 0.1) is 5.60 Å². The molecule has 1 heterocycles. The van der Waals surface area contributed by atoms with E-state index in [4.69, 9.17) is 0 Å². The normalized spacial score (nSPS) is 11.7. The molecule has 0 amide bonds. The summed E-state index contributed by atoms with van der Waals surface area (Å²) in [5.74, 6) is 0. The molecule has 2 heteroatoms. The number of aromatic nitrogens is 1. The first kappa shape index (κ1) is 9.20. The highest BCUT2D eigenvalue weighted by atomic mass is 16.3. The van der Waals surface area contributed by atoms with Crippen molar-refractivity contribution in [1.82, 2.24) is 4.98 Å². The van der Waals surface area contributed by atoms with Crippen molar-refractivity contribution in [3.05, 3.63) is 29.6 Å². The van der Waals surface area contributed by atoms with E-state index >= 15 is 0 Å². The second-order valence-corrected chi connectivity index (χ2v) is 3.49. The molecule has 2 nitrogen and oxygen atoms in total. The van der Waals surface area contributed by atoms with Crippen LogP contribution in [-0.4, -0.2) is 10.1 Å². The molecule has 0 aliphatic rings. The lowest BCUT2D eigenvalue weighted by Gasteiger charge is -2.17. The lowest BCUT2D eigenvalue weighted by Crippen LogP contribution is -2.15. The Labute approximate surface area is 73.3 Å². The lowest BCUT2D eigenvalue weighted by molar-refractivity contribution is 0.0781. The summed E-state index contributed by atoms with van der Waals surface area (Å²) >= 11 is 0. The second kappa shape index (κ2) is 3.23. The summed E-state index contributed by atoms with van der Waals surface area (Å²) in [5, 5.41) is 9.67. The summed E-state index contributed by atoms with van der Waals surface area (Å²) in [5.41, 5.74) is 1.26. The van der Waals surface area contributed by atoms with E-state index in [0.717, 1.165) is 17.5 Å². The summed E-state index contributed by atoms with van der Waals surface area (Å²) < 4.78 is 0. The minimum absolute atomic E-state index is 0.780. The van der Waals surface area contributed by atoms with Gasteiger partial charge >= 0.3 is 0 Å². The van der Waals surface area contributed by atoms with Gasteiger partial charge in [-0.05, 0) is 31.9 Å². The number of pyridine rings is 1. The predicted octanol–water partition coefficient (Wildman–Crippen LogP) is 1.87. The van der Waals surface area contributed by atoms with Gasteiger partial charge in [-0.25, -0.2) is 0 Å². The van der Waals surface area contributed by atoms with Crippen LogP contribution in [-0.2, 0) is 12.0 Å². The molecule has 12 heavy (non-hydrogen) atoms. The van der Waals surface area contributed by atoms with Crippen molar-refractivity contribution < 1.29 is 5.11 Å². The lowest BCUT2D eigenvalue weighted by atomic mass is 9.99. The van der Waals surface area contributed by atoms with Crippen molar-refractivity contribution in [2.24, 2.45) is 0 Å². The van der Waals surface area contributed by atoms with Crippen LogP contribution in [0.25, 0.3) is 0 Å². The summed E-state index contributed by atoms with van der Waals surface area (Å²) in [7, 11) is 0. The maximum atomic E-state index is 9.67. The summed E-state index contributed by atoms with van der Waals surface area (Å²) in [6.07, 6.45) is 4.49. The van der Waals surface area contributed by atoms with E-state index < -0.39 is 5.60 Å². The third-order valence-electron chi connectivity index (χ3n) is 1.91. The van der Waals surface area contributed by atoms with Gasteiger partial charge in [0.1, 0.15) is 0 Å². The molecule has 0 saturated carbocycles. The average Bonchev–Trinajstić information content (AvgIpc) is 2.03. The highest BCUT2D eigenvalue weighted by Crippen LogP contribution is 2.19. The minimum atomic E-state index is -0.780. The van der Waals surface area contributed by atoms with Crippen LogP contribution < -0.4 is 0 Å². The topological polar surface area (TPSA) is 33.1 Å². The molecule has 0 fully saturated rings. The third kappa shape index (κ3) is 2.05. The fraction of sp³-hybridized carbons (Fsp3) is 0.500. The molecular formula is C10H15NO. The molecule has 0 aromatic carbocycles. The molecule has 0 spiro atoms. The van der Waals surface area contributed by atoms with Crippen LogP contribution in [0.15, 0.2) is 18.5 Å². The Morgan fingerprint density at radius 3 is 2.58 bits per heavy atom. The van der Waals surface area contributed by atoms with Gasteiger partial charge in [0.25, 0.3) is 0 Å². The Morgan fingerprint density at radius 1 is 1.42 bits per heavy atom. The van der Waals surface area contributed by atoms with E-state index in [2.05, 4.69) is 11.9 Å². The van der Waals surface area contributed by atoms with Crippen LogP contribution in [0.5, 0.6) is 0 Å². The Bertz CT molecular complexity index is 263. The summed E-state index contributed by atoms with van der Waals surface area (Å²) in [6.45, 7) is 5.61. The first-order valence-electron chi connectivity index (χ1n) is 4.21. The molecule has 1 rings (SSSR count). The van der Waals surface area contributed by atoms with Crippen LogP contribution in [0, 0.1) is 0 Å². The predicted molar refractivity (Wildman–Crippen MR) is 48.9 cm³/mol. The smallest absolute Gasteiger partial charge is 0.0855 e. The first-order valence-corrected chi connectivity index (χ1v) is 4.21. The highest BCUT2D eigenvalue weighted by molar-refractivity contribution is 5.22. The van der Waals surface area contributed by atoms with Gasteiger partial charge < -0.3 is 5.11 Å². The molecule has 0 aliphatic heterocycles. The molecule has 0 aliphatic carbocycles. The van der Waals surface area contributed by atoms with E-state index in [1.165, 1.54) is 0 Å². The fourth-order valence-electron chi connectivity index (χ4n) is 1.02. The van der Waals surface area contributed by atoms with E-state index in [0.29, 0.717) is 0 Å². The number of aryl methyl sites for hydroxylation is 1. The summed E-state index contributed by atoms with van der Waals surface area (Å²) in [6, 6.07) is 1.99. The molecule has 0 bridgehead atoms. The molecule has 66 valence electrons. The van der Waals surface area contributed by atoms with Crippen molar-refractivity contribution in [3.8, 4) is 0 Å². The third-order valence-corrected chi connectivity index (χ3v) is 1.91. The van der Waals surface area contributed by atoms with Crippen LogP contribution in [0.4, 0.5) is 0 Å². The number of aliphatic hydroxyl groups is 1. The van der Waals surface area contributed by atoms with Crippen LogP contribution in [0.3, 0.4) is 0 Å². The largest absolute Gasteiger partial charge is 0.386 e. The fourth-order valence-corrected chi connectivity index (χ4v) is 1.02. The van der Waals surface area contributed by atoms with E-state index in [1.54, 1.807) is 20.0 Å². The monoisotopic (exact) mass is 165 g/mol. The average molecular weight is 165 g/mol. The maximum absolute atomic E-state index is 9.67. The number of rotatable bonds is 2. The van der Waals surface area contributed by atoms with Crippen molar-refractivity contribution in [2.75, 3.05) is 0 Å². The molecule has 0 unspecified atom stereocenters.